The van der Waals surface area contributed by atoms with Crippen LogP contribution in [0.2, 0.25) is 0 Å². The van der Waals surface area contributed by atoms with Crippen LogP contribution >= 0.6 is 11.3 Å². The fourth-order valence-electron chi connectivity index (χ4n) is 2.20. The molecule has 0 aromatic carbocycles. The van der Waals surface area contributed by atoms with Gasteiger partial charge in [-0.2, -0.15) is 0 Å². The number of nitrogens with zero attached hydrogens (tertiary/aromatic N) is 1. The van der Waals surface area contributed by atoms with E-state index < -0.39 is 0 Å². The summed E-state index contributed by atoms with van der Waals surface area (Å²) in [6.07, 6.45) is 4.54. The Hall–Kier alpha value is -0.830. The van der Waals surface area contributed by atoms with Crippen LogP contribution in [-0.4, -0.2) is 4.57 Å². The molecular weight excluding hydrogens is 182 g/mol. The third-order valence-corrected chi connectivity index (χ3v) is 4.31. The van der Waals surface area contributed by atoms with Gasteiger partial charge in [0.1, 0.15) is 0 Å². The molecule has 0 N–H and O–H groups in total. The van der Waals surface area contributed by atoms with Crippen molar-refractivity contribution < 1.29 is 0 Å². The first-order valence-corrected chi connectivity index (χ1v) is 5.39. The minimum absolute atomic E-state index is 0.159. The van der Waals surface area contributed by atoms with Crippen molar-refractivity contribution in [2.24, 2.45) is 24.8 Å². The second kappa shape index (κ2) is 2.15. The summed E-state index contributed by atoms with van der Waals surface area (Å²) < 4.78 is 2.94. The first kappa shape index (κ1) is 7.56. The Morgan fingerprint density at radius 2 is 2.08 bits per heavy atom. The van der Waals surface area contributed by atoms with Crippen molar-refractivity contribution in [1.29, 1.82) is 0 Å². The monoisotopic (exact) mass is 193 g/mol. The molecule has 0 amide bonds. The molecule has 3 atom stereocenters. The van der Waals surface area contributed by atoms with Crippen LogP contribution in [0.5, 0.6) is 0 Å². The predicted molar refractivity (Wildman–Crippen MR) is 53.9 cm³/mol. The third kappa shape index (κ3) is 0.854. The van der Waals surface area contributed by atoms with Gasteiger partial charge in [-0.05, 0) is 17.8 Å². The van der Waals surface area contributed by atoms with Crippen molar-refractivity contribution in [2.45, 2.75) is 6.92 Å². The third-order valence-electron chi connectivity index (χ3n) is 3.30. The van der Waals surface area contributed by atoms with Gasteiger partial charge in [-0.1, -0.05) is 30.4 Å². The van der Waals surface area contributed by atoms with E-state index in [1.165, 1.54) is 15.9 Å². The normalized spacial score (nSPS) is 34.2. The lowest BCUT2D eigenvalue weighted by Crippen LogP contribution is -2.31. The van der Waals surface area contributed by atoms with Gasteiger partial charge in [0.2, 0.25) is 0 Å². The number of hydrogen-bond donors (Lipinski definition) is 0. The number of aromatic nitrogens is 1. The van der Waals surface area contributed by atoms with E-state index in [9.17, 15) is 4.79 Å². The zero-order chi connectivity index (χ0) is 9.16. The predicted octanol–water partition coefficient (Wildman–Crippen LogP) is -0.0965. The highest BCUT2D eigenvalue weighted by molar-refractivity contribution is 7.07. The summed E-state index contributed by atoms with van der Waals surface area (Å²) in [7, 11) is 1.86. The van der Waals surface area contributed by atoms with Crippen LogP contribution in [0.25, 0.3) is 12.2 Å². The first-order valence-electron chi connectivity index (χ1n) is 4.58. The summed E-state index contributed by atoms with van der Waals surface area (Å²) in [5.74, 6) is 2.20. The number of rotatable bonds is 0. The van der Waals surface area contributed by atoms with E-state index in [0.717, 1.165) is 11.3 Å². The molecule has 0 radical (unpaired) electrons. The zero-order valence-corrected chi connectivity index (χ0v) is 8.47. The lowest BCUT2D eigenvalue weighted by Gasteiger charge is -1.93. The second-order valence-corrected chi connectivity index (χ2v) is 5.02. The van der Waals surface area contributed by atoms with Crippen LogP contribution in [0.1, 0.15) is 6.92 Å². The second-order valence-electron chi connectivity index (χ2n) is 4.02. The van der Waals surface area contributed by atoms with Crippen LogP contribution in [-0.2, 0) is 7.05 Å². The molecule has 1 fully saturated rings. The molecular formula is C10H11NOS. The van der Waals surface area contributed by atoms with Gasteiger partial charge < -0.3 is 4.57 Å². The van der Waals surface area contributed by atoms with E-state index in [-0.39, 0.29) is 4.87 Å². The minimum Gasteiger partial charge on any atom is -0.302 e. The van der Waals surface area contributed by atoms with Gasteiger partial charge in [0.25, 0.3) is 0 Å². The Balaban J connectivity index is 2.39. The molecule has 0 spiro atoms. The molecule has 2 nitrogen and oxygen atoms in total. The Bertz CT molecular complexity index is 536. The quantitative estimate of drug-likeness (QED) is 0.564. The van der Waals surface area contributed by atoms with Crippen molar-refractivity contribution in [3.8, 4) is 0 Å². The molecule has 1 heterocycles. The summed E-state index contributed by atoms with van der Waals surface area (Å²) in [4.78, 5) is 11.5. The van der Waals surface area contributed by atoms with Gasteiger partial charge >= 0.3 is 4.87 Å². The average molecular weight is 193 g/mol. The highest BCUT2D eigenvalue weighted by Gasteiger charge is 2.44. The van der Waals surface area contributed by atoms with E-state index in [4.69, 9.17) is 0 Å². The van der Waals surface area contributed by atoms with Crippen molar-refractivity contribution in [1.82, 2.24) is 4.57 Å². The molecule has 3 unspecified atom stereocenters. The SMILES string of the molecule is CC1C2C=c3sc(=O)n(C)c3=CC12. The molecule has 1 aromatic rings. The maximum atomic E-state index is 11.4. The van der Waals surface area contributed by atoms with Gasteiger partial charge in [-0.3, -0.25) is 4.79 Å². The first-order chi connectivity index (χ1) is 6.18. The van der Waals surface area contributed by atoms with Gasteiger partial charge in [-0.25, -0.2) is 0 Å². The van der Waals surface area contributed by atoms with E-state index in [1.54, 1.807) is 4.57 Å². The van der Waals surface area contributed by atoms with E-state index in [1.807, 2.05) is 7.05 Å². The fourth-order valence-corrected chi connectivity index (χ4v) is 3.16. The van der Waals surface area contributed by atoms with Crippen LogP contribution in [0.3, 0.4) is 0 Å². The molecule has 1 aromatic heterocycles. The highest BCUT2D eigenvalue weighted by Crippen LogP contribution is 2.48. The van der Waals surface area contributed by atoms with Gasteiger partial charge in [-0.15, -0.1) is 0 Å². The molecule has 13 heavy (non-hydrogen) atoms. The Kier molecular flexibility index (Phi) is 1.25. The lowest BCUT2D eigenvalue weighted by molar-refractivity contribution is 0.843. The summed E-state index contributed by atoms with van der Waals surface area (Å²) in [6.45, 7) is 2.27. The summed E-state index contributed by atoms with van der Waals surface area (Å²) in [5, 5.41) is 1.14. The maximum Gasteiger partial charge on any atom is 0.307 e. The Labute approximate surface area is 79.8 Å². The highest BCUT2D eigenvalue weighted by atomic mass is 32.1. The summed E-state index contributed by atoms with van der Waals surface area (Å²) in [5.41, 5.74) is 0. The molecule has 2 aliphatic carbocycles. The fraction of sp³-hybridized carbons (Fsp3) is 0.500. The largest absolute Gasteiger partial charge is 0.307 e. The van der Waals surface area contributed by atoms with Crippen molar-refractivity contribution >= 4 is 23.5 Å². The number of thiazole rings is 1. The van der Waals surface area contributed by atoms with Gasteiger partial charge in [0.05, 0.1) is 9.88 Å². The van der Waals surface area contributed by atoms with Crippen molar-refractivity contribution in [3.63, 3.8) is 0 Å². The standard InChI is InChI=1S/C10H11NOS/c1-5-6-3-8-9(4-7(5)6)13-10(12)11(8)2/h3-7H,1-2H3. The minimum atomic E-state index is 0.159. The number of hydrogen-bond acceptors (Lipinski definition) is 2. The average Bonchev–Trinajstić information content (AvgIpc) is 2.64. The molecule has 3 heteroatoms. The molecule has 68 valence electrons. The Morgan fingerprint density at radius 3 is 2.85 bits per heavy atom. The van der Waals surface area contributed by atoms with Crippen LogP contribution in [0.15, 0.2) is 4.79 Å². The molecule has 0 bridgehead atoms. The number of fused-ring (bicyclic) bond motifs is 2. The van der Waals surface area contributed by atoms with Crippen LogP contribution < -0.4 is 14.8 Å². The smallest absolute Gasteiger partial charge is 0.302 e. The van der Waals surface area contributed by atoms with Crippen molar-refractivity contribution in [2.75, 3.05) is 0 Å². The Morgan fingerprint density at radius 1 is 1.38 bits per heavy atom. The molecule has 2 aliphatic rings. The zero-order valence-electron chi connectivity index (χ0n) is 7.65. The molecule has 1 saturated carbocycles. The summed E-state index contributed by atoms with van der Waals surface area (Å²) in [6, 6.07) is 0. The van der Waals surface area contributed by atoms with Crippen LogP contribution in [0, 0.1) is 17.8 Å². The molecule has 0 saturated heterocycles. The van der Waals surface area contributed by atoms with E-state index in [0.29, 0.717) is 11.8 Å². The summed E-state index contributed by atoms with van der Waals surface area (Å²) >= 11 is 1.37. The topological polar surface area (TPSA) is 22.0 Å². The molecule has 3 rings (SSSR count). The van der Waals surface area contributed by atoms with E-state index in [2.05, 4.69) is 19.1 Å². The van der Waals surface area contributed by atoms with Gasteiger partial charge in [0, 0.05) is 7.05 Å². The molecule has 0 aliphatic heterocycles. The van der Waals surface area contributed by atoms with Crippen LogP contribution in [0.4, 0.5) is 0 Å². The maximum absolute atomic E-state index is 11.4. The van der Waals surface area contributed by atoms with Gasteiger partial charge in [0.15, 0.2) is 0 Å². The van der Waals surface area contributed by atoms with E-state index >= 15 is 0 Å². The van der Waals surface area contributed by atoms with Crippen molar-refractivity contribution in [3.05, 3.63) is 19.5 Å². The lowest BCUT2D eigenvalue weighted by atomic mass is 10.2.